The molecule has 3 aromatic rings. The van der Waals surface area contributed by atoms with Crippen molar-refractivity contribution < 1.29 is 13.6 Å². The topological polar surface area (TPSA) is 72.2 Å². The average Bonchev–Trinajstić information content (AvgIpc) is 3.39. The number of aromatic nitrogens is 4. The van der Waals surface area contributed by atoms with Gasteiger partial charge in [-0.3, -0.25) is 4.79 Å². The molecule has 0 saturated heterocycles. The van der Waals surface area contributed by atoms with Gasteiger partial charge in [0.05, 0.1) is 18.3 Å². The molecule has 134 valence electrons. The van der Waals surface area contributed by atoms with E-state index in [0.29, 0.717) is 16.9 Å². The number of nitrogens with zero attached hydrogens (tertiary/aromatic N) is 4. The second kappa shape index (κ2) is 6.60. The number of carbonyl (C=O) groups is 1. The van der Waals surface area contributed by atoms with Crippen molar-refractivity contribution in [3.05, 3.63) is 52.7 Å². The standard InChI is InChI=1S/C17H14ClF2N5O/c18-15-11(2-1-5-21-15)23-14(26)6-10-8-22-25-13(16(19)20)7-12(9-3-4-9)24-17(10)25/h1-2,5,7-9,16H,3-4,6H2,(H,23,26). The van der Waals surface area contributed by atoms with Gasteiger partial charge in [-0.1, -0.05) is 11.6 Å². The molecule has 3 aromatic heterocycles. The monoisotopic (exact) mass is 377 g/mol. The van der Waals surface area contributed by atoms with Gasteiger partial charge in [0.2, 0.25) is 5.91 Å². The van der Waals surface area contributed by atoms with Crippen LogP contribution >= 0.6 is 11.6 Å². The Morgan fingerprint density at radius 1 is 1.42 bits per heavy atom. The van der Waals surface area contributed by atoms with E-state index in [9.17, 15) is 13.6 Å². The molecule has 0 atom stereocenters. The fourth-order valence-corrected chi connectivity index (χ4v) is 2.93. The third-order valence-corrected chi connectivity index (χ3v) is 4.50. The molecule has 3 heterocycles. The number of fused-ring (bicyclic) bond motifs is 1. The molecule has 1 saturated carbocycles. The summed E-state index contributed by atoms with van der Waals surface area (Å²) in [5, 5.41) is 6.82. The number of anilines is 1. The van der Waals surface area contributed by atoms with E-state index in [1.807, 2.05) is 0 Å². The Kier molecular flexibility index (Phi) is 4.28. The van der Waals surface area contributed by atoms with Crippen molar-refractivity contribution in [2.45, 2.75) is 31.6 Å². The van der Waals surface area contributed by atoms with Crippen molar-refractivity contribution in [1.82, 2.24) is 19.6 Å². The Morgan fingerprint density at radius 3 is 2.92 bits per heavy atom. The van der Waals surface area contributed by atoms with E-state index in [1.165, 1.54) is 18.5 Å². The predicted molar refractivity (Wildman–Crippen MR) is 91.5 cm³/mol. The van der Waals surface area contributed by atoms with Gasteiger partial charge in [-0.25, -0.2) is 23.3 Å². The molecule has 1 aliphatic rings. The summed E-state index contributed by atoms with van der Waals surface area (Å²) in [6.07, 6.45) is 2.06. The van der Waals surface area contributed by atoms with Gasteiger partial charge in [0.1, 0.15) is 5.69 Å². The Hall–Kier alpha value is -2.61. The first-order valence-electron chi connectivity index (χ1n) is 8.09. The lowest BCUT2D eigenvalue weighted by molar-refractivity contribution is -0.115. The number of hydrogen-bond acceptors (Lipinski definition) is 4. The van der Waals surface area contributed by atoms with E-state index in [0.717, 1.165) is 17.4 Å². The Balaban J connectivity index is 1.64. The Morgan fingerprint density at radius 2 is 2.23 bits per heavy atom. The molecule has 0 unspecified atom stereocenters. The van der Waals surface area contributed by atoms with E-state index in [-0.39, 0.29) is 34.7 Å². The second-order valence-corrected chi connectivity index (χ2v) is 6.51. The number of halogens is 3. The lowest BCUT2D eigenvalue weighted by Crippen LogP contribution is -2.15. The van der Waals surface area contributed by atoms with Crippen LogP contribution in [0.15, 0.2) is 30.6 Å². The van der Waals surface area contributed by atoms with E-state index in [1.54, 1.807) is 12.1 Å². The Bertz CT molecular complexity index is 986. The molecule has 0 spiro atoms. The van der Waals surface area contributed by atoms with Crippen molar-refractivity contribution in [3.63, 3.8) is 0 Å². The largest absolute Gasteiger partial charge is 0.323 e. The maximum Gasteiger partial charge on any atom is 0.280 e. The van der Waals surface area contributed by atoms with Crippen LogP contribution in [0.5, 0.6) is 0 Å². The minimum Gasteiger partial charge on any atom is -0.323 e. The minimum absolute atomic E-state index is 0.0570. The van der Waals surface area contributed by atoms with Crippen molar-refractivity contribution in [1.29, 1.82) is 0 Å². The number of hydrogen-bond donors (Lipinski definition) is 1. The maximum absolute atomic E-state index is 13.4. The van der Waals surface area contributed by atoms with Crippen LogP contribution in [-0.2, 0) is 11.2 Å². The summed E-state index contributed by atoms with van der Waals surface area (Å²) in [6, 6.07) is 4.68. The van der Waals surface area contributed by atoms with Crippen LogP contribution in [-0.4, -0.2) is 25.5 Å². The molecular weight excluding hydrogens is 364 g/mol. The van der Waals surface area contributed by atoms with Crippen molar-refractivity contribution in [2.75, 3.05) is 5.32 Å². The van der Waals surface area contributed by atoms with Crippen LogP contribution in [0.3, 0.4) is 0 Å². The molecule has 0 aromatic carbocycles. The quantitative estimate of drug-likeness (QED) is 0.687. The first-order chi connectivity index (χ1) is 12.5. The van der Waals surface area contributed by atoms with Crippen LogP contribution in [0.2, 0.25) is 5.15 Å². The first kappa shape index (κ1) is 16.8. The fraction of sp³-hybridized carbons (Fsp3) is 0.294. The molecule has 1 aliphatic carbocycles. The minimum atomic E-state index is -2.67. The molecule has 26 heavy (non-hydrogen) atoms. The number of nitrogens with one attached hydrogen (secondary N) is 1. The van der Waals surface area contributed by atoms with Gasteiger partial charge in [-0.2, -0.15) is 5.10 Å². The van der Waals surface area contributed by atoms with E-state index in [2.05, 4.69) is 20.4 Å². The van der Waals surface area contributed by atoms with Gasteiger partial charge in [-0.15, -0.1) is 0 Å². The SMILES string of the molecule is O=C(Cc1cnn2c(C(F)F)cc(C3CC3)nc12)Nc1cccnc1Cl. The van der Waals surface area contributed by atoms with Gasteiger partial charge in [-0.05, 0) is 31.0 Å². The zero-order valence-electron chi connectivity index (χ0n) is 13.5. The zero-order valence-corrected chi connectivity index (χ0v) is 14.2. The first-order valence-corrected chi connectivity index (χ1v) is 8.46. The highest BCUT2D eigenvalue weighted by molar-refractivity contribution is 6.32. The molecule has 0 radical (unpaired) electrons. The zero-order chi connectivity index (χ0) is 18.3. The lowest BCUT2D eigenvalue weighted by Gasteiger charge is -2.08. The predicted octanol–water partition coefficient (Wildman–Crippen LogP) is 3.77. The molecule has 1 N–H and O–H groups in total. The summed E-state index contributed by atoms with van der Waals surface area (Å²) in [5.41, 5.74) is 1.57. The highest BCUT2D eigenvalue weighted by Gasteiger charge is 2.28. The average molecular weight is 378 g/mol. The number of amides is 1. The number of pyridine rings is 1. The van der Waals surface area contributed by atoms with Crippen LogP contribution in [0, 0.1) is 0 Å². The van der Waals surface area contributed by atoms with Crippen LogP contribution < -0.4 is 5.32 Å². The van der Waals surface area contributed by atoms with Crippen molar-refractivity contribution in [2.24, 2.45) is 0 Å². The van der Waals surface area contributed by atoms with Crippen molar-refractivity contribution in [3.8, 4) is 0 Å². The molecule has 1 amide bonds. The summed E-state index contributed by atoms with van der Waals surface area (Å²) in [7, 11) is 0. The second-order valence-electron chi connectivity index (χ2n) is 6.15. The van der Waals surface area contributed by atoms with Crippen LogP contribution in [0.4, 0.5) is 14.5 Å². The van der Waals surface area contributed by atoms with Gasteiger partial charge in [0, 0.05) is 23.4 Å². The van der Waals surface area contributed by atoms with Gasteiger partial charge >= 0.3 is 0 Å². The Labute approximate surface area is 152 Å². The fourth-order valence-electron chi connectivity index (χ4n) is 2.77. The number of rotatable bonds is 5. The summed E-state index contributed by atoms with van der Waals surface area (Å²) in [6.45, 7) is 0. The maximum atomic E-state index is 13.4. The van der Waals surface area contributed by atoms with Gasteiger partial charge in [0.25, 0.3) is 6.43 Å². The number of carbonyl (C=O) groups excluding carboxylic acids is 1. The molecule has 0 bridgehead atoms. The molecule has 6 nitrogen and oxygen atoms in total. The smallest absolute Gasteiger partial charge is 0.280 e. The van der Waals surface area contributed by atoms with Crippen molar-refractivity contribution >= 4 is 28.8 Å². The third kappa shape index (κ3) is 3.24. The lowest BCUT2D eigenvalue weighted by atomic mass is 10.2. The highest BCUT2D eigenvalue weighted by Crippen LogP contribution is 2.40. The van der Waals surface area contributed by atoms with E-state index >= 15 is 0 Å². The summed E-state index contributed by atoms with van der Waals surface area (Å²) >= 11 is 5.93. The molecule has 0 aliphatic heterocycles. The number of alkyl halides is 2. The van der Waals surface area contributed by atoms with E-state index < -0.39 is 6.43 Å². The summed E-state index contributed by atoms with van der Waals surface area (Å²) in [5.74, 6) is -0.143. The molecule has 4 rings (SSSR count). The van der Waals surface area contributed by atoms with Gasteiger partial charge < -0.3 is 5.32 Å². The van der Waals surface area contributed by atoms with Crippen LogP contribution in [0.25, 0.3) is 5.65 Å². The normalized spacial score (nSPS) is 14.2. The molecule has 9 heteroatoms. The summed E-state index contributed by atoms with van der Waals surface area (Å²) in [4.78, 5) is 20.7. The van der Waals surface area contributed by atoms with Crippen LogP contribution in [0.1, 0.15) is 42.1 Å². The molecule has 1 fully saturated rings. The molecular formula is C17H14ClF2N5O. The third-order valence-electron chi connectivity index (χ3n) is 4.20. The summed E-state index contributed by atoms with van der Waals surface area (Å²) < 4.78 is 27.9. The highest BCUT2D eigenvalue weighted by atomic mass is 35.5. The van der Waals surface area contributed by atoms with Gasteiger partial charge in [0.15, 0.2) is 10.8 Å². The van der Waals surface area contributed by atoms with E-state index in [4.69, 9.17) is 11.6 Å².